The van der Waals surface area contributed by atoms with E-state index >= 15 is 0 Å². The van der Waals surface area contributed by atoms with Crippen molar-refractivity contribution in [1.82, 2.24) is 4.57 Å². The van der Waals surface area contributed by atoms with Gasteiger partial charge in [0.25, 0.3) is 0 Å². The number of benzene rings is 7. The van der Waals surface area contributed by atoms with E-state index in [0.717, 1.165) is 60.7 Å². The molecule has 3 heteroatoms. The van der Waals surface area contributed by atoms with Crippen molar-refractivity contribution in [2.24, 2.45) is 0 Å². The third-order valence-electron chi connectivity index (χ3n) is 10.8. The first-order valence-corrected chi connectivity index (χ1v) is 16.6. The van der Waals surface area contributed by atoms with E-state index in [1.165, 1.54) is 44.1 Å². The molecule has 48 heavy (non-hydrogen) atoms. The average Bonchev–Trinajstić information content (AvgIpc) is 3.84. The highest BCUT2D eigenvalue weighted by molar-refractivity contribution is 6.16. The lowest BCUT2D eigenvalue weighted by atomic mass is 9.82. The molecule has 3 nitrogen and oxygen atoms in total. The summed E-state index contributed by atoms with van der Waals surface area (Å²) >= 11 is 0. The fourth-order valence-electron chi connectivity index (χ4n) is 8.54. The minimum atomic E-state index is -0.0782. The van der Waals surface area contributed by atoms with Gasteiger partial charge in [0.2, 0.25) is 0 Å². The molecule has 0 amide bonds. The Labute approximate surface area is 276 Å². The standard InChI is InChI=1S/C45H29NO2/c1-45(2)37-18-6-3-11-27(37)34-24-35-28-12-4-7-19-39(28)46(40(35)25-38(34)45)26-21-22-42-36(23-26)33-17-10-16-32(44(33)48-42)31-15-9-14-30-29-13-5-8-20-41(29)47-43(30)31/h3-25H,1-2H3. The molecule has 11 rings (SSSR count). The van der Waals surface area contributed by atoms with Gasteiger partial charge in [-0.3, -0.25) is 0 Å². The Morgan fingerprint density at radius 1 is 0.417 bits per heavy atom. The van der Waals surface area contributed by atoms with E-state index in [-0.39, 0.29) is 5.41 Å². The second kappa shape index (κ2) is 9.05. The number of nitrogens with zero attached hydrogens (tertiary/aromatic N) is 1. The maximum absolute atomic E-state index is 6.68. The van der Waals surface area contributed by atoms with Crippen LogP contribution in [0.3, 0.4) is 0 Å². The van der Waals surface area contributed by atoms with E-state index in [9.17, 15) is 0 Å². The molecule has 1 aliphatic rings. The van der Waals surface area contributed by atoms with Crippen LogP contribution in [0.15, 0.2) is 148 Å². The summed E-state index contributed by atoms with van der Waals surface area (Å²) in [7, 11) is 0. The second-order valence-corrected chi connectivity index (χ2v) is 13.7. The predicted octanol–water partition coefficient (Wildman–Crippen LogP) is 12.6. The van der Waals surface area contributed by atoms with Crippen LogP contribution < -0.4 is 0 Å². The highest BCUT2D eigenvalue weighted by Crippen LogP contribution is 2.51. The molecule has 0 fully saturated rings. The Hall–Kier alpha value is -6.06. The van der Waals surface area contributed by atoms with Gasteiger partial charge >= 0.3 is 0 Å². The van der Waals surface area contributed by atoms with E-state index in [1.807, 2.05) is 12.1 Å². The third kappa shape index (κ3) is 3.28. The molecule has 226 valence electrons. The smallest absolute Gasteiger partial charge is 0.143 e. The molecule has 0 radical (unpaired) electrons. The molecule has 0 atom stereocenters. The summed E-state index contributed by atoms with van der Waals surface area (Å²) in [6.07, 6.45) is 0. The Kier molecular flexibility index (Phi) is 4.91. The molecule has 0 saturated carbocycles. The van der Waals surface area contributed by atoms with Gasteiger partial charge in [0.15, 0.2) is 0 Å². The van der Waals surface area contributed by atoms with Crippen LogP contribution in [-0.4, -0.2) is 4.57 Å². The monoisotopic (exact) mass is 615 g/mol. The van der Waals surface area contributed by atoms with Crippen LogP contribution >= 0.6 is 0 Å². The van der Waals surface area contributed by atoms with Crippen molar-refractivity contribution in [3.05, 3.63) is 151 Å². The van der Waals surface area contributed by atoms with Crippen LogP contribution in [-0.2, 0) is 5.41 Å². The quantitative estimate of drug-likeness (QED) is 0.194. The fraction of sp³-hybridized carbons (Fsp3) is 0.0667. The van der Waals surface area contributed by atoms with Crippen molar-refractivity contribution in [3.63, 3.8) is 0 Å². The molecule has 0 N–H and O–H groups in total. The largest absolute Gasteiger partial charge is 0.455 e. The van der Waals surface area contributed by atoms with Gasteiger partial charge in [-0.15, -0.1) is 0 Å². The van der Waals surface area contributed by atoms with Gasteiger partial charge in [-0.25, -0.2) is 0 Å². The lowest BCUT2D eigenvalue weighted by molar-refractivity contribution is 0.661. The summed E-state index contributed by atoms with van der Waals surface area (Å²) in [5, 5.41) is 6.96. The number of fused-ring (bicyclic) bond motifs is 12. The zero-order valence-corrected chi connectivity index (χ0v) is 26.5. The van der Waals surface area contributed by atoms with Crippen molar-refractivity contribution >= 4 is 65.7 Å². The summed E-state index contributed by atoms with van der Waals surface area (Å²) < 4.78 is 15.5. The number of rotatable bonds is 2. The summed E-state index contributed by atoms with van der Waals surface area (Å²) in [5.74, 6) is 0. The topological polar surface area (TPSA) is 31.2 Å². The Bertz CT molecular complexity index is 2980. The van der Waals surface area contributed by atoms with Crippen LogP contribution in [0.4, 0.5) is 0 Å². The zero-order valence-electron chi connectivity index (χ0n) is 26.5. The summed E-state index contributed by atoms with van der Waals surface area (Å²) in [6.45, 7) is 4.70. The summed E-state index contributed by atoms with van der Waals surface area (Å²) in [6, 6.07) is 50.2. The number of para-hydroxylation sites is 4. The van der Waals surface area contributed by atoms with Crippen LogP contribution in [0.1, 0.15) is 25.0 Å². The van der Waals surface area contributed by atoms with Crippen LogP contribution in [0.25, 0.3) is 93.6 Å². The van der Waals surface area contributed by atoms with Gasteiger partial charge in [0.1, 0.15) is 22.3 Å². The first-order chi connectivity index (χ1) is 23.6. The summed E-state index contributed by atoms with van der Waals surface area (Å²) in [4.78, 5) is 0. The number of aromatic nitrogens is 1. The third-order valence-corrected chi connectivity index (χ3v) is 10.8. The maximum Gasteiger partial charge on any atom is 0.143 e. The molecular weight excluding hydrogens is 587 g/mol. The Balaban J connectivity index is 1.15. The predicted molar refractivity (Wildman–Crippen MR) is 198 cm³/mol. The van der Waals surface area contributed by atoms with Crippen molar-refractivity contribution < 1.29 is 8.83 Å². The highest BCUT2D eigenvalue weighted by atomic mass is 16.3. The van der Waals surface area contributed by atoms with Gasteiger partial charge < -0.3 is 13.4 Å². The van der Waals surface area contributed by atoms with Crippen LogP contribution in [0, 0.1) is 0 Å². The summed E-state index contributed by atoms with van der Waals surface area (Å²) in [5.41, 5.74) is 14.5. The minimum Gasteiger partial charge on any atom is -0.455 e. The van der Waals surface area contributed by atoms with Crippen molar-refractivity contribution in [2.45, 2.75) is 19.3 Å². The van der Waals surface area contributed by atoms with Crippen molar-refractivity contribution in [1.29, 1.82) is 0 Å². The highest BCUT2D eigenvalue weighted by Gasteiger charge is 2.36. The van der Waals surface area contributed by atoms with Crippen molar-refractivity contribution in [2.75, 3.05) is 0 Å². The van der Waals surface area contributed by atoms with E-state index in [4.69, 9.17) is 8.83 Å². The first-order valence-electron chi connectivity index (χ1n) is 16.6. The number of hydrogen-bond acceptors (Lipinski definition) is 2. The number of furan rings is 2. The molecule has 7 aromatic carbocycles. The minimum absolute atomic E-state index is 0.0782. The molecule has 0 aliphatic heterocycles. The van der Waals surface area contributed by atoms with E-state index in [0.29, 0.717) is 0 Å². The molecule has 0 spiro atoms. The molecule has 3 heterocycles. The lowest BCUT2D eigenvalue weighted by Crippen LogP contribution is -2.14. The zero-order chi connectivity index (χ0) is 31.7. The Morgan fingerprint density at radius 2 is 1.04 bits per heavy atom. The van der Waals surface area contributed by atoms with Crippen molar-refractivity contribution in [3.8, 4) is 27.9 Å². The normalized spacial score (nSPS) is 13.8. The average molecular weight is 616 g/mol. The van der Waals surface area contributed by atoms with Gasteiger partial charge in [-0.2, -0.15) is 0 Å². The van der Waals surface area contributed by atoms with Crippen LogP contribution in [0.5, 0.6) is 0 Å². The lowest BCUT2D eigenvalue weighted by Gasteiger charge is -2.21. The molecule has 0 unspecified atom stereocenters. The molecule has 10 aromatic rings. The van der Waals surface area contributed by atoms with Gasteiger partial charge in [-0.05, 0) is 64.7 Å². The molecule has 1 aliphatic carbocycles. The first kappa shape index (κ1) is 26.1. The SMILES string of the molecule is CC1(C)c2ccccc2-c2cc3c4ccccc4n(-c4ccc5oc6c(-c7cccc8c7oc7ccccc78)cccc6c5c4)c3cc21. The maximum atomic E-state index is 6.68. The van der Waals surface area contributed by atoms with E-state index in [2.05, 4.69) is 146 Å². The molecular formula is C45H29NO2. The Morgan fingerprint density at radius 3 is 1.85 bits per heavy atom. The van der Waals surface area contributed by atoms with Gasteiger partial charge in [0.05, 0.1) is 11.0 Å². The van der Waals surface area contributed by atoms with E-state index < -0.39 is 0 Å². The second-order valence-electron chi connectivity index (χ2n) is 13.7. The molecule has 0 bridgehead atoms. The van der Waals surface area contributed by atoms with Gasteiger partial charge in [0, 0.05) is 54.5 Å². The fourth-order valence-corrected chi connectivity index (χ4v) is 8.54. The molecule has 0 saturated heterocycles. The van der Waals surface area contributed by atoms with Gasteiger partial charge in [-0.1, -0.05) is 111 Å². The number of hydrogen-bond donors (Lipinski definition) is 0. The molecule has 3 aromatic heterocycles. The van der Waals surface area contributed by atoms with E-state index in [1.54, 1.807) is 0 Å². The van der Waals surface area contributed by atoms with Crippen LogP contribution in [0.2, 0.25) is 0 Å².